The molecule has 0 N–H and O–H groups in total. The molecule has 3 rings (SSSR count). The van der Waals surface area contributed by atoms with E-state index in [2.05, 4.69) is 20.8 Å². The Kier molecular flexibility index (Phi) is 7.75. The first-order chi connectivity index (χ1) is 13.8. The van der Waals surface area contributed by atoms with Gasteiger partial charge in [0.2, 0.25) is 10.0 Å². The maximum Gasteiger partial charge on any atom is 0.253 e. The molecule has 162 valence electrons. The molecule has 6 nitrogen and oxygen atoms in total. The van der Waals surface area contributed by atoms with E-state index in [9.17, 15) is 13.2 Å². The van der Waals surface area contributed by atoms with Crippen LogP contribution in [0, 0.1) is 5.92 Å². The third-order valence-corrected chi connectivity index (χ3v) is 8.86. The highest BCUT2D eigenvalue weighted by Gasteiger charge is 2.26. The van der Waals surface area contributed by atoms with E-state index >= 15 is 0 Å². The lowest BCUT2D eigenvalue weighted by Crippen LogP contribution is -2.37. The normalized spacial score (nSPS) is 20.1. The number of sulfonamides is 1. The second kappa shape index (κ2) is 9.90. The lowest BCUT2D eigenvalue weighted by atomic mass is 9.89. The number of carbonyl (C=O) groups excluding carboxylic acids is 1. The zero-order chi connectivity index (χ0) is 21.0. The van der Waals surface area contributed by atoms with E-state index in [1.165, 1.54) is 52.3 Å². The highest BCUT2D eigenvalue weighted by molar-refractivity contribution is 9.10. The minimum atomic E-state index is -3.62. The van der Waals surface area contributed by atoms with Crippen molar-refractivity contribution in [3.8, 4) is 0 Å². The van der Waals surface area contributed by atoms with Crippen molar-refractivity contribution in [3.63, 3.8) is 0 Å². The van der Waals surface area contributed by atoms with Gasteiger partial charge in [0, 0.05) is 50.3 Å². The fourth-order valence-electron chi connectivity index (χ4n) is 4.30. The topological polar surface area (TPSA) is 60.9 Å². The predicted octanol–water partition coefficient (Wildman–Crippen LogP) is 3.43. The van der Waals surface area contributed by atoms with E-state index < -0.39 is 10.0 Å². The molecule has 0 aromatic heterocycles. The summed E-state index contributed by atoms with van der Waals surface area (Å²) in [6.45, 7) is 4.47. The van der Waals surface area contributed by atoms with E-state index in [1.54, 1.807) is 12.1 Å². The van der Waals surface area contributed by atoms with Gasteiger partial charge in [-0.15, -0.1) is 0 Å². The summed E-state index contributed by atoms with van der Waals surface area (Å²) in [5, 5.41) is 0. The van der Waals surface area contributed by atoms with E-state index in [0.29, 0.717) is 23.1 Å². The van der Waals surface area contributed by atoms with Crippen LogP contribution < -0.4 is 0 Å². The number of hydrogen-bond donors (Lipinski definition) is 0. The molecule has 1 saturated carbocycles. The van der Waals surface area contributed by atoms with Crippen LogP contribution in [-0.2, 0) is 10.0 Å². The number of hydrogen-bond acceptors (Lipinski definition) is 4. The summed E-state index contributed by atoms with van der Waals surface area (Å²) in [6.07, 6.45) is 7.70. The van der Waals surface area contributed by atoms with Crippen molar-refractivity contribution < 1.29 is 13.2 Å². The molecule has 2 aliphatic rings. The van der Waals surface area contributed by atoms with Crippen molar-refractivity contribution in [2.24, 2.45) is 5.92 Å². The molecule has 0 radical (unpaired) electrons. The lowest BCUT2D eigenvalue weighted by Gasteiger charge is -2.28. The van der Waals surface area contributed by atoms with Crippen LogP contribution in [0.15, 0.2) is 27.6 Å². The summed E-state index contributed by atoms with van der Waals surface area (Å²) < 4.78 is 26.7. The second-order valence-electron chi connectivity index (χ2n) is 8.38. The standard InChI is InChI=1S/C21H32BrN3O3S/c1-23(2)29(27,28)20-15-18(9-10-19(20)22)21(26)25-12-6-11-24(13-14-25)16-17-7-4-3-5-8-17/h9-10,15,17H,3-8,11-14,16H2,1-2H3. The first kappa shape index (κ1) is 22.7. The van der Waals surface area contributed by atoms with Gasteiger partial charge in [-0.25, -0.2) is 12.7 Å². The molecule has 29 heavy (non-hydrogen) atoms. The van der Waals surface area contributed by atoms with Crippen molar-refractivity contribution in [3.05, 3.63) is 28.2 Å². The molecule has 1 aliphatic heterocycles. The predicted molar refractivity (Wildman–Crippen MR) is 119 cm³/mol. The van der Waals surface area contributed by atoms with Crippen molar-refractivity contribution in [1.82, 2.24) is 14.1 Å². The monoisotopic (exact) mass is 485 g/mol. The molecule has 1 heterocycles. The molecule has 0 bridgehead atoms. The molecular formula is C21H32BrN3O3S. The maximum atomic E-state index is 13.1. The summed E-state index contributed by atoms with van der Waals surface area (Å²) in [5.41, 5.74) is 0.425. The molecule has 2 fully saturated rings. The Morgan fingerprint density at radius 1 is 1.07 bits per heavy atom. The van der Waals surface area contributed by atoms with Gasteiger partial charge < -0.3 is 9.80 Å². The smallest absolute Gasteiger partial charge is 0.253 e. The van der Waals surface area contributed by atoms with Gasteiger partial charge in [-0.1, -0.05) is 19.3 Å². The summed E-state index contributed by atoms with van der Waals surface area (Å²) in [5.74, 6) is 0.712. The van der Waals surface area contributed by atoms with Crippen LogP contribution >= 0.6 is 15.9 Å². The Morgan fingerprint density at radius 3 is 2.48 bits per heavy atom. The summed E-state index contributed by atoms with van der Waals surface area (Å²) in [4.78, 5) is 17.6. The summed E-state index contributed by atoms with van der Waals surface area (Å²) in [7, 11) is -0.635. The van der Waals surface area contributed by atoms with Crippen LogP contribution in [0.3, 0.4) is 0 Å². The average Bonchev–Trinajstić information content (AvgIpc) is 2.94. The van der Waals surface area contributed by atoms with Crippen LogP contribution in [0.25, 0.3) is 0 Å². The van der Waals surface area contributed by atoms with Crippen molar-refractivity contribution >= 4 is 31.9 Å². The first-order valence-corrected chi connectivity index (χ1v) is 12.8. The Labute approximate surface area is 183 Å². The zero-order valence-electron chi connectivity index (χ0n) is 17.4. The Balaban J connectivity index is 1.67. The number of rotatable bonds is 5. The molecule has 0 spiro atoms. The van der Waals surface area contributed by atoms with Crippen LogP contribution in [0.1, 0.15) is 48.9 Å². The van der Waals surface area contributed by atoms with Gasteiger partial charge in [-0.3, -0.25) is 4.79 Å². The van der Waals surface area contributed by atoms with Gasteiger partial charge in [-0.05, 0) is 65.9 Å². The van der Waals surface area contributed by atoms with Crippen LogP contribution in [0.4, 0.5) is 0 Å². The first-order valence-electron chi connectivity index (χ1n) is 10.5. The number of nitrogens with zero attached hydrogens (tertiary/aromatic N) is 3. The van der Waals surface area contributed by atoms with E-state index in [0.717, 1.165) is 36.3 Å². The molecule has 8 heteroatoms. The molecule has 0 unspecified atom stereocenters. The van der Waals surface area contributed by atoms with Gasteiger partial charge >= 0.3 is 0 Å². The highest BCUT2D eigenvalue weighted by atomic mass is 79.9. The molecule has 1 saturated heterocycles. The number of carbonyl (C=O) groups is 1. The SMILES string of the molecule is CN(C)S(=O)(=O)c1cc(C(=O)N2CCCN(CC3CCCCC3)CC2)ccc1Br. The van der Waals surface area contributed by atoms with Crippen LogP contribution in [0.2, 0.25) is 0 Å². The molecular weight excluding hydrogens is 454 g/mol. The fourth-order valence-corrected chi connectivity index (χ4v) is 6.15. The molecule has 1 aromatic carbocycles. The summed E-state index contributed by atoms with van der Waals surface area (Å²) >= 11 is 3.31. The van der Waals surface area contributed by atoms with Gasteiger partial charge in [0.05, 0.1) is 4.90 Å². The Hall–Kier alpha value is -0.960. The third-order valence-electron chi connectivity index (χ3n) is 6.05. The van der Waals surface area contributed by atoms with Crippen molar-refractivity contribution in [2.75, 3.05) is 46.8 Å². The average molecular weight is 486 g/mol. The van der Waals surface area contributed by atoms with Gasteiger partial charge in [0.25, 0.3) is 5.91 Å². The Morgan fingerprint density at radius 2 is 1.79 bits per heavy atom. The van der Waals surface area contributed by atoms with Crippen LogP contribution in [0.5, 0.6) is 0 Å². The third kappa shape index (κ3) is 5.60. The van der Waals surface area contributed by atoms with E-state index in [1.807, 2.05) is 4.90 Å². The van der Waals surface area contributed by atoms with E-state index in [-0.39, 0.29) is 10.8 Å². The minimum absolute atomic E-state index is 0.0905. The zero-order valence-corrected chi connectivity index (χ0v) is 19.8. The number of amides is 1. The molecule has 1 aliphatic carbocycles. The maximum absolute atomic E-state index is 13.1. The van der Waals surface area contributed by atoms with Crippen molar-refractivity contribution in [2.45, 2.75) is 43.4 Å². The number of benzene rings is 1. The van der Waals surface area contributed by atoms with Crippen LogP contribution in [-0.4, -0.2) is 75.2 Å². The fraction of sp³-hybridized carbons (Fsp3) is 0.667. The quantitative estimate of drug-likeness (QED) is 0.640. The van der Waals surface area contributed by atoms with Gasteiger partial charge in [0.1, 0.15) is 0 Å². The van der Waals surface area contributed by atoms with Gasteiger partial charge in [0.15, 0.2) is 0 Å². The van der Waals surface area contributed by atoms with E-state index in [4.69, 9.17) is 0 Å². The largest absolute Gasteiger partial charge is 0.337 e. The molecule has 0 atom stereocenters. The Bertz CT molecular complexity index is 822. The molecule has 1 amide bonds. The lowest BCUT2D eigenvalue weighted by molar-refractivity contribution is 0.0759. The summed E-state index contributed by atoms with van der Waals surface area (Å²) in [6, 6.07) is 4.84. The molecule has 1 aromatic rings. The van der Waals surface area contributed by atoms with Gasteiger partial charge in [-0.2, -0.15) is 0 Å². The van der Waals surface area contributed by atoms with Crippen molar-refractivity contribution in [1.29, 1.82) is 0 Å². The highest BCUT2D eigenvalue weighted by Crippen LogP contribution is 2.27. The second-order valence-corrected chi connectivity index (χ2v) is 11.4. The number of halogens is 1. The minimum Gasteiger partial charge on any atom is -0.337 e.